The van der Waals surface area contributed by atoms with Gasteiger partial charge in [0.15, 0.2) is 23.3 Å². The molecular formula is C62H57IN6. The highest BCUT2D eigenvalue weighted by atomic mass is 127. The van der Waals surface area contributed by atoms with Crippen molar-refractivity contribution in [2.45, 2.75) is 85.5 Å². The lowest BCUT2D eigenvalue weighted by atomic mass is 9.85. The Labute approximate surface area is 420 Å². The van der Waals surface area contributed by atoms with Gasteiger partial charge >= 0.3 is 0 Å². The van der Waals surface area contributed by atoms with Crippen molar-refractivity contribution < 1.29 is 0 Å². The molecule has 10 aromatic rings. The number of rotatable bonds is 7. The molecule has 0 radical (unpaired) electrons. The normalized spacial score (nSPS) is 12.3. The predicted octanol–water partition coefficient (Wildman–Crippen LogP) is 16.6. The summed E-state index contributed by atoms with van der Waals surface area (Å²) in [5.41, 5.74) is 15.1. The third-order valence-corrected chi connectivity index (χ3v) is 13.6. The van der Waals surface area contributed by atoms with Crippen molar-refractivity contribution in [3.63, 3.8) is 0 Å². The number of aromatic nitrogens is 6. The molecule has 3 aromatic heterocycles. The van der Waals surface area contributed by atoms with E-state index in [-0.39, 0.29) is 16.2 Å². The first kappa shape index (κ1) is 45.9. The summed E-state index contributed by atoms with van der Waals surface area (Å²) in [6, 6.07) is 58.3. The molecule has 0 saturated carbocycles. The van der Waals surface area contributed by atoms with Gasteiger partial charge in [0.05, 0.1) is 28.1 Å². The summed E-state index contributed by atoms with van der Waals surface area (Å²) < 4.78 is 3.50. The van der Waals surface area contributed by atoms with Crippen molar-refractivity contribution in [1.29, 1.82) is 0 Å². The summed E-state index contributed by atoms with van der Waals surface area (Å²) >= 11 is 2.43. The molecule has 0 N–H and O–H groups in total. The number of aryl methyl sites for hydroxylation is 1. The lowest BCUT2D eigenvalue weighted by Crippen LogP contribution is -2.12. The number of fused-ring (bicyclic) bond motifs is 3. The van der Waals surface area contributed by atoms with Gasteiger partial charge in [-0.2, -0.15) is 0 Å². The number of nitrogens with zero attached hydrogens (tertiary/aromatic N) is 6. The molecule has 6 nitrogen and oxygen atoms in total. The summed E-state index contributed by atoms with van der Waals surface area (Å²) in [7, 11) is 0. The number of benzene rings is 7. The van der Waals surface area contributed by atoms with Crippen molar-refractivity contribution >= 4 is 44.4 Å². The van der Waals surface area contributed by atoms with Crippen LogP contribution in [0.1, 0.15) is 84.6 Å². The van der Waals surface area contributed by atoms with Gasteiger partial charge in [0, 0.05) is 47.7 Å². The van der Waals surface area contributed by atoms with E-state index in [9.17, 15) is 0 Å². The zero-order valence-electron chi connectivity index (χ0n) is 41.1. The Bertz CT molecular complexity index is 3430. The maximum absolute atomic E-state index is 5.52. The number of para-hydroxylation sites is 1. The van der Waals surface area contributed by atoms with Crippen molar-refractivity contribution in [2.75, 3.05) is 0 Å². The van der Waals surface area contributed by atoms with E-state index < -0.39 is 0 Å². The Kier molecular flexibility index (Phi) is 11.7. The maximum atomic E-state index is 5.52. The van der Waals surface area contributed by atoms with Gasteiger partial charge in [0.1, 0.15) is 0 Å². The Morgan fingerprint density at radius 2 is 0.899 bits per heavy atom. The minimum absolute atomic E-state index is 0.0282. The van der Waals surface area contributed by atoms with Crippen molar-refractivity contribution in [3.05, 3.63) is 190 Å². The van der Waals surface area contributed by atoms with Gasteiger partial charge in [-0.25, -0.2) is 24.9 Å². The third kappa shape index (κ3) is 9.25. The molecule has 0 amide bonds. The number of hydrogen-bond donors (Lipinski definition) is 0. The summed E-state index contributed by atoms with van der Waals surface area (Å²) in [6.45, 7) is 22.5. The first-order chi connectivity index (χ1) is 32.9. The molecule has 0 bridgehead atoms. The van der Waals surface area contributed by atoms with Gasteiger partial charge in [-0.3, -0.25) is 0 Å². The first-order valence-corrected chi connectivity index (χ1v) is 24.8. The van der Waals surface area contributed by atoms with E-state index in [1.807, 2.05) is 12.1 Å². The first-order valence-electron chi connectivity index (χ1n) is 23.8. The molecule has 7 heteroatoms. The Morgan fingerprint density at radius 3 is 1.51 bits per heavy atom. The SMILES string of the molecule is Cc1cc(-c2nc(-c3cc(I)cc(C(C)(C)C)c3)nc(-c3cc(-c4nc(-c5ccccc5)cc(-c5ccccc5)n4)ccc3-n3c4ccccc4c4cc(C(C)(C)C)ccc43)n2)cc(C(C)(C)C)c1. The summed E-state index contributed by atoms with van der Waals surface area (Å²) in [5.74, 6) is 2.39. The molecule has 0 unspecified atom stereocenters. The van der Waals surface area contributed by atoms with E-state index >= 15 is 0 Å². The minimum atomic E-state index is -0.0927. The Morgan fingerprint density at radius 1 is 0.377 bits per heavy atom. The molecule has 0 spiro atoms. The summed E-state index contributed by atoms with van der Waals surface area (Å²) in [4.78, 5) is 27.0. The zero-order valence-corrected chi connectivity index (χ0v) is 43.3. The molecule has 0 aliphatic heterocycles. The van der Waals surface area contributed by atoms with Crippen molar-refractivity contribution in [2.24, 2.45) is 0 Å². The second kappa shape index (κ2) is 17.6. The van der Waals surface area contributed by atoms with Crippen LogP contribution in [0.2, 0.25) is 0 Å². The standard InChI is InChI=1S/C62H57IN6/c1-38-29-42(31-45(30-38)61(5,6)7)57-66-58(43-32-46(62(8,9)10)35-47(63)33-43)68-59(67-57)50-34-41(56-64-51(39-19-13-11-14-20-39)37-52(65-56)40-21-15-12-16-22-40)25-27-55(50)69-53-24-18-17-23-48(53)49-36-44(60(2,3)4)26-28-54(49)69/h11-37H,1-10H3. The van der Waals surface area contributed by atoms with Crippen LogP contribution in [-0.2, 0) is 16.2 Å². The highest BCUT2D eigenvalue weighted by Crippen LogP contribution is 2.41. The number of hydrogen-bond acceptors (Lipinski definition) is 5. The molecule has 0 saturated heterocycles. The lowest BCUT2D eigenvalue weighted by molar-refractivity contribution is 0.590. The second-order valence-electron chi connectivity index (χ2n) is 21.4. The molecule has 0 fully saturated rings. The van der Waals surface area contributed by atoms with E-state index in [4.69, 9.17) is 24.9 Å². The molecule has 0 aliphatic carbocycles. The topological polar surface area (TPSA) is 69.4 Å². The molecule has 0 atom stereocenters. The fourth-order valence-corrected chi connectivity index (χ4v) is 9.76. The maximum Gasteiger partial charge on any atom is 0.166 e. The van der Waals surface area contributed by atoms with Crippen LogP contribution in [0, 0.1) is 10.5 Å². The van der Waals surface area contributed by atoms with Crippen LogP contribution in [0.4, 0.5) is 0 Å². The summed E-state index contributed by atoms with van der Waals surface area (Å²) in [6.07, 6.45) is 0. The lowest BCUT2D eigenvalue weighted by Gasteiger charge is -2.21. The monoisotopic (exact) mass is 1010 g/mol. The van der Waals surface area contributed by atoms with Crippen molar-refractivity contribution in [1.82, 2.24) is 29.5 Å². The van der Waals surface area contributed by atoms with Crippen LogP contribution in [-0.4, -0.2) is 29.5 Å². The molecule has 3 heterocycles. The van der Waals surface area contributed by atoms with Crippen LogP contribution in [0.25, 0.3) is 95.6 Å². The molecule has 0 aliphatic rings. The summed E-state index contributed by atoms with van der Waals surface area (Å²) in [5, 5.41) is 2.37. The quantitative estimate of drug-likeness (QED) is 0.149. The fraction of sp³-hybridized carbons (Fsp3) is 0.210. The van der Waals surface area contributed by atoms with Gasteiger partial charge in [-0.1, -0.05) is 159 Å². The highest BCUT2D eigenvalue weighted by molar-refractivity contribution is 14.1. The van der Waals surface area contributed by atoms with Gasteiger partial charge in [0.25, 0.3) is 0 Å². The molecule has 342 valence electrons. The van der Waals surface area contributed by atoms with Gasteiger partial charge in [-0.05, 0) is 135 Å². The van der Waals surface area contributed by atoms with E-state index in [0.717, 1.165) is 70.6 Å². The average molecular weight is 1010 g/mol. The predicted molar refractivity (Wildman–Crippen MR) is 296 cm³/mol. The number of halogens is 1. The highest BCUT2D eigenvalue weighted by Gasteiger charge is 2.25. The third-order valence-electron chi connectivity index (χ3n) is 13.0. The van der Waals surface area contributed by atoms with Crippen LogP contribution in [0.5, 0.6) is 0 Å². The minimum Gasteiger partial charge on any atom is -0.309 e. The Hall–Kier alpha value is -6.84. The second-order valence-corrected chi connectivity index (χ2v) is 22.6. The van der Waals surface area contributed by atoms with Crippen LogP contribution in [0.3, 0.4) is 0 Å². The van der Waals surface area contributed by atoms with Crippen molar-refractivity contribution in [3.8, 4) is 73.8 Å². The Balaban J connectivity index is 1.30. The van der Waals surface area contributed by atoms with E-state index in [1.165, 1.54) is 27.5 Å². The molecule has 7 aromatic carbocycles. The molecular weight excluding hydrogens is 956 g/mol. The van der Waals surface area contributed by atoms with E-state index in [2.05, 4.69) is 248 Å². The molecule has 10 rings (SSSR count). The van der Waals surface area contributed by atoms with E-state index in [0.29, 0.717) is 23.3 Å². The largest absolute Gasteiger partial charge is 0.309 e. The van der Waals surface area contributed by atoms with E-state index in [1.54, 1.807) is 0 Å². The van der Waals surface area contributed by atoms with Crippen LogP contribution in [0.15, 0.2) is 164 Å². The smallest absolute Gasteiger partial charge is 0.166 e. The van der Waals surface area contributed by atoms with Gasteiger partial charge in [-0.15, -0.1) is 0 Å². The van der Waals surface area contributed by atoms with Crippen LogP contribution < -0.4 is 0 Å². The zero-order chi connectivity index (χ0) is 48.4. The van der Waals surface area contributed by atoms with Crippen LogP contribution >= 0.6 is 22.6 Å². The average Bonchev–Trinajstić information content (AvgIpc) is 3.66. The fourth-order valence-electron chi connectivity index (χ4n) is 9.09. The molecule has 69 heavy (non-hydrogen) atoms. The van der Waals surface area contributed by atoms with Gasteiger partial charge in [0.2, 0.25) is 0 Å². The van der Waals surface area contributed by atoms with Gasteiger partial charge < -0.3 is 4.57 Å².